The molecule has 0 amide bonds. The third-order valence-electron chi connectivity index (χ3n) is 1.34. The maximum Gasteiger partial charge on any atom is 1.00 e. The fraction of sp³-hybridized carbons (Fsp3) is 1.00. The average molecular weight is 171 g/mol. The number of hydrogen-bond acceptors (Lipinski definition) is 2. The van der Waals surface area contributed by atoms with Crippen molar-refractivity contribution in [2.24, 2.45) is 0 Å². The molecule has 0 rings (SSSR count). The number of rotatable bonds is 4. The molecule has 0 bridgehead atoms. The van der Waals surface area contributed by atoms with E-state index in [1.807, 2.05) is 0 Å². The van der Waals surface area contributed by atoms with Crippen LogP contribution in [-0.2, 0) is 4.57 Å². The van der Waals surface area contributed by atoms with Gasteiger partial charge in [0.15, 0.2) is 0 Å². The Hall–Kier alpha value is 1.06. The summed E-state index contributed by atoms with van der Waals surface area (Å²) in [6.45, 7) is 3.81. The summed E-state index contributed by atoms with van der Waals surface area (Å²) in [7, 11) is -2.17. The van der Waals surface area contributed by atoms with Crippen molar-refractivity contribution in [1.29, 1.82) is 0 Å². The zero-order valence-corrected chi connectivity index (χ0v) is 9.86. The molecule has 0 aromatic heterocycles. The van der Waals surface area contributed by atoms with Crippen molar-refractivity contribution in [3.63, 3.8) is 0 Å². The van der Waals surface area contributed by atoms with Gasteiger partial charge < -0.3 is 4.89 Å². The third kappa shape index (κ3) is 7.17. The quantitative estimate of drug-likeness (QED) is 0.388. The SMILES string of the molecule is CCCCC(C)[P+](=O)[O-].[Na+]. The van der Waals surface area contributed by atoms with E-state index in [1.165, 1.54) is 0 Å². The monoisotopic (exact) mass is 171 g/mol. The molecule has 0 aromatic carbocycles. The molecule has 0 saturated carbocycles. The van der Waals surface area contributed by atoms with Gasteiger partial charge in [-0.3, -0.25) is 0 Å². The van der Waals surface area contributed by atoms with Crippen LogP contribution in [0.5, 0.6) is 0 Å². The average Bonchev–Trinajstić information content (AvgIpc) is 1.82. The molecule has 4 heteroatoms. The molecule has 0 fully saturated rings. The van der Waals surface area contributed by atoms with Crippen LogP contribution in [0, 0.1) is 0 Å². The molecular formula is C6H13NaO2P+. The van der Waals surface area contributed by atoms with Gasteiger partial charge in [-0.2, -0.15) is 0 Å². The molecule has 10 heavy (non-hydrogen) atoms. The van der Waals surface area contributed by atoms with Gasteiger partial charge in [0.25, 0.3) is 0 Å². The second-order valence-corrected chi connectivity index (χ2v) is 3.73. The van der Waals surface area contributed by atoms with Crippen LogP contribution in [0.4, 0.5) is 0 Å². The molecule has 0 aliphatic carbocycles. The Bertz CT molecular complexity index is 97.7. The summed E-state index contributed by atoms with van der Waals surface area (Å²) in [6, 6.07) is 0. The minimum atomic E-state index is -2.17. The van der Waals surface area contributed by atoms with Crippen molar-refractivity contribution < 1.29 is 39.0 Å². The molecule has 0 spiro atoms. The standard InChI is InChI=1S/C6H13O2P.Na/c1-3-4-5-6(2)9(7)8;/h6H,3-5H2,1-2H3;/q;+1. The van der Waals surface area contributed by atoms with E-state index in [-0.39, 0.29) is 35.2 Å². The smallest absolute Gasteiger partial charge is 0.595 e. The van der Waals surface area contributed by atoms with Crippen molar-refractivity contribution in [3.8, 4) is 0 Å². The van der Waals surface area contributed by atoms with E-state index >= 15 is 0 Å². The fourth-order valence-corrected chi connectivity index (χ4v) is 0.998. The summed E-state index contributed by atoms with van der Waals surface area (Å²) in [5.74, 6) is 0. The van der Waals surface area contributed by atoms with Crippen LogP contribution < -0.4 is 34.5 Å². The van der Waals surface area contributed by atoms with Gasteiger partial charge in [0.05, 0.1) is 0 Å². The number of hydrogen-bond donors (Lipinski definition) is 0. The molecule has 0 aromatic rings. The summed E-state index contributed by atoms with van der Waals surface area (Å²) in [5.41, 5.74) is -0.125. The van der Waals surface area contributed by atoms with E-state index in [4.69, 9.17) is 0 Å². The molecular weight excluding hydrogens is 158 g/mol. The van der Waals surface area contributed by atoms with Gasteiger partial charge in [0.1, 0.15) is 5.66 Å². The Kier molecular flexibility index (Phi) is 11.1. The molecule has 2 atom stereocenters. The zero-order chi connectivity index (χ0) is 7.28. The van der Waals surface area contributed by atoms with Gasteiger partial charge in [-0.25, -0.2) is 0 Å². The Morgan fingerprint density at radius 3 is 2.40 bits per heavy atom. The Morgan fingerprint density at radius 1 is 1.60 bits per heavy atom. The summed E-state index contributed by atoms with van der Waals surface area (Å²) < 4.78 is 10.2. The molecule has 2 nitrogen and oxygen atoms in total. The van der Waals surface area contributed by atoms with Crippen molar-refractivity contribution in [1.82, 2.24) is 0 Å². The molecule has 0 N–H and O–H groups in total. The second kappa shape index (κ2) is 8.16. The first-order valence-electron chi connectivity index (χ1n) is 3.32. The van der Waals surface area contributed by atoms with Crippen molar-refractivity contribution in [2.45, 2.75) is 38.8 Å². The van der Waals surface area contributed by atoms with Crippen LogP contribution in [0.25, 0.3) is 0 Å². The molecule has 0 aliphatic heterocycles. The Morgan fingerprint density at radius 2 is 2.10 bits per heavy atom. The van der Waals surface area contributed by atoms with Crippen molar-refractivity contribution in [2.75, 3.05) is 0 Å². The van der Waals surface area contributed by atoms with Gasteiger partial charge in [-0.1, -0.05) is 17.9 Å². The summed E-state index contributed by atoms with van der Waals surface area (Å²) in [5, 5.41) is 0. The molecule has 54 valence electrons. The normalized spacial score (nSPS) is 13.7. The predicted molar refractivity (Wildman–Crippen MR) is 36.6 cm³/mol. The van der Waals surface area contributed by atoms with Crippen LogP contribution in [0.3, 0.4) is 0 Å². The van der Waals surface area contributed by atoms with Crippen LogP contribution in [0.1, 0.15) is 33.1 Å². The fourth-order valence-electron chi connectivity index (χ4n) is 0.605. The maximum atomic E-state index is 10.2. The van der Waals surface area contributed by atoms with E-state index in [0.717, 1.165) is 19.3 Å². The van der Waals surface area contributed by atoms with Crippen LogP contribution in [0.2, 0.25) is 0 Å². The van der Waals surface area contributed by atoms with Gasteiger partial charge in [-0.15, -0.1) is 0 Å². The van der Waals surface area contributed by atoms with Gasteiger partial charge >= 0.3 is 37.6 Å². The first kappa shape index (κ1) is 13.6. The molecule has 2 unspecified atom stereocenters. The van der Waals surface area contributed by atoms with Crippen molar-refractivity contribution in [3.05, 3.63) is 0 Å². The number of unbranched alkanes of at least 4 members (excludes halogenated alkanes) is 1. The second-order valence-electron chi connectivity index (χ2n) is 2.28. The van der Waals surface area contributed by atoms with E-state index in [2.05, 4.69) is 6.92 Å². The van der Waals surface area contributed by atoms with E-state index in [0.29, 0.717) is 0 Å². The first-order chi connectivity index (χ1) is 4.18. The van der Waals surface area contributed by atoms with E-state index in [9.17, 15) is 9.46 Å². The van der Waals surface area contributed by atoms with Crippen LogP contribution in [0.15, 0.2) is 0 Å². The van der Waals surface area contributed by atoms with Gasteiger partial charge in [-0.05, 0) is 19.8 Å². The van der Waals surface area contributed by atoms with Crippen LogP contribution in [-0.4, -0.2) is 5.66 Å². The molecule has 0 heterocycles. The van der Waals surface area contributed by atoms with E-state index in [1.54, 1.807) is 6.92 Å². The zero-order valence-electron chi connectivity index (χ0n) is 6.96. The van der Waals surface area contributed by atoms with Gasteiger partial charge in [0.2, 0.25) is 0 Å². The first-order valence-corrected chi connectivity index (χ1v) is 4.56. The molecule has 0 radical (unpaired) electrons. The minimum Gasteiger partial charge on any atom is -0.595 e. The molecule has 0 aliphatic rings. The van der Waals surface area contributed by atoms with Gasteiger partial charge in [0, 0.05) is 0 Å². The van der Waals surface area contributed by atoms with E-state index < -0.39 is 8.03 Å². The summed E-state index contributed by atoms with van der Waals surface area (Å²) in [6.07, 6.45) is 2.91. The maximum absolute atomic E-state index is 10.2. The predicted octanol–water partition coefficient (Wildman–Crippen LogP) is -1.33. The van der Waals surface area contributed by atoms with Crippen LogP contribution >= 0.6 is 8.03 Å². The minimum absolute atomic E-state index is 0. The molecule has 0 saturated heterocycles. The Labute approximate surface area is 85.6 Å². The summed E-state index contributed by atoms with van der Waals surface area (Å²) >= 11 is 0. The summed E-state index contributed by atoms with van der Waals surface area (Å²) in [4.78, 5) is 10.2. The Balaban J connectivity index is 0. The van der Waals surface area contributed by atoms with Crippen molar-refractivity contribution >= 4 is 8.03 Å². The third-order valence-corrected chi connectivity index (χ3v) is 2.31. The topological polar surface area (TPSA) is 40.1 Å². The largest absolute Gasteiger partial charge is 1.00 e.